The van der Waals surface area contributed by atoms with E-state index in [0.717, 1.165) is 12.1 Å². The molecule has 1 aromatic carbocycles. The normalized spacial score (nSPS) is 11.3. The van der Waals surface area contributed by atoms with Crippen LogP contribution in [-0.4, -0.2) is 23.5 Å². The summed E-state index contributed by atoms with van der Waals surface area (Å²) >= 11 is 0. The smallest absolute Gasteiger partial charge is 0.257 e. The summed E-state index contributed by atoms with van der Waals surface area (Å²) < 4.78 is 26.4. The third kappa shape index (κ3) is 3.69. The van der Waals surface area contributed by atoms with Crippen LogP contribution in [0.4, 0.5) is 8.78 Å². The van der Waals surface area contributed by atoms with Gasteiger partial charge in [-0.3, -0.25) is 4.79 Å². The van der Waals surface area contributed by atoms with E-state index in [1.165, 1.54) is 6.07 Å². The molecule has 0 spiro atoms. The van der Waals surface area contributed by atoms with Crippen LogP contribution in [0.5, 0.6) is 0 Å². The van der Waals surface area contributed by atoms with Crippen LogP contribution < -0.4 is 11.1 Å². The van der Waals surface area contributed by atoms with E-state index in [9.17, 15) is 13.6 Å². The van der Waals surface area contributed by atoms with Crippen LogP contribution >= 0.6 is 0 Å². The van der Waals surface area contributed by atoms with Gasteiger partial charge in [-0.25, -0.2) is 8.78 Å². The van der Waals surface area contributed by atoms with E-state index in [2.05, 4.69) is 10.5 Å². The summed E-state index contributed by atoms with van der Waals surface area (Å²) in [4.78, 5) is 11.5. The molecule has 7 heteroatoms. The summed E-state index contributed by atoms with van der Waals surface area (Å²) in [7, 11) is 0. The molecule has 0 atom stereocenters. The molecule has 0 aliphatic rings. The largest absolute Gasteiger partial charge is 0.409 e. The highest BCUT2D eigenvalue weighted by Crippen LogP contribution is 2.11. The van der Waals surface area contributed by atoms with Gasteiger partial charge in [0.25, 0.3) is 5.91 Å². The van der Waals surface area contributed by atoms with Crippen LogP contribution in [0.1, 0.15) is 23.2 Å². The van der Waals surface area contributed by atoms with Gasteiger partial charge in [0.05, 0.1) is 0 Å². The molecule has 0 saturated carbocycles. The third-order valence-electron chi connectivity index (χ3n) is 2.21. The molecule has 0 heterocycles. The molecular formula is C11H13F2N3O2. The fraction of sp³-hybridized carbons (Fsp3) is 0.273. The zero-order chi connectivity index (χ0) is 13.5. The highest BCUT2D eigenvalue weighted by atomic mass is 19.1. The predicted molar refractivity (Wildman–Crippen MR) is 61.3 cm³/mol. The standard InChI is InChI=1S/C11H13F2N3O2/c12-7-3-1-4-8(13)10(7)11(17)15-6-2-5-9(14)16-18/h1,3-4,18H,2,5-6H2,(H2,14,16)(H,15,17). The molecule has 1 amide bonds. The van der Waals surface area contributed by atoms with Crippen molar-refractivity contribution in [3.05, 3.63) is 35.4 Å². The summed E-state index contributed by atoms with van der Waals surface area (Å²) in [5.41, 5.74) is 4.61. The number of hydrogen-bond donors (Lipinski definition) is 3. The minimum atomic E-state index is -0.913. The van der Waals surface area contributed by atoms with Gasteiger partial charge in [0, 0.05) is 13.0 Å². The molecule has 0 aliphatic carbocycles. The Balaban J connectivity index is 2.51. The molecular weight excluding hydrogens is 244 g/mol. The minimum Gasteiger partial charge on any atom is -0.409 e. The van der Waals surface area contributed by atoms with E-state index in [1.807, 2.05) is 0 Å². The molecule has 0 aromatic heterocycles. The van der Waals surface area contributed by atoms with E-state index >= 15 is 0 Å². The van der Waals surface area contributed by atoms with Crippen molar-refractivity contribution in [2.75, 3.05) is 6.54 Å². The Morgan fingerprint density at radius 1 is 1.39 bits per heavy atom. The van der Waals surface area contributed by atoms with Crippen molar-refractivity contribution >= 4 is 11.7 Å². The number of oxime groups is 1. The van der Waals surface area contributed by atoms with E-state index in [1.54, 1.807) is 0 Å². The summed E-state index contributed by atoms with van der Waals surface area (Å²) in [5.74, 6) is -2.63. The lowest BCUT2D eigenvalue weighted by atomic mass is 10.2. The fourth-order valence-electron chi connectivity index (χ4n) is 1.32. The zero-order valence-corrected chi connectivity index (χ0v) is 9.49. The van der Waals surface area contributed by atoms with Gasteiger partial charge in [-0.2, -0.15) is 0 Å². The molecule has 0 bridgehead atoms. The van der Waals surface area contributed by atoms with Crippen molar-refractivity contribution in [3.8, 4) is 0 Å². The maximum Gasteiger partial charge on any atom is 0.257 e. The Morgan fingerprint density at radius 3 is 2.56 bits per heavy atom. The molecule has 0 saturated heterocycles. The molecule has 0 unspecified atom stereocenters. The third-order valence-corrected chi connectivity index (χ3v) is 2.21. The average Bonchev–Trinajstić information content (AvgIpc) is 2.34. The second-order valence-corrected chi connectivity index (χ2v) is 3.55. The number of amidine groups is 1. The van der Waals surface area contributed by atoms with Gasteiger partial charge in [0.2, 0.25) is 0 Å². The Bertz CT molecular complexity index is 443. The molecule has 0 radical (unpaired) electrons. The van der Waals surface area contributed by atoms with E-state index in [-0.39, 0.29) is 18.8 Å². The maximum absolute atomic E-state index is 13.2. The van der Waals surface area contributed by atoms with Crippen molar-refractivity contribution in [3.63, 3.8) is 0 Å². The predicted octanol–water partition coefficient (Wildman–Crippen LogP) is 1.22. The lowest BCUT2D eigenvalue weighted by Crippen LogP contribution is -2.27. The van der Waals surface area contributed by atoms with E-state index in [4.69, 9.17) is 10.9 Å². The first-order valence-corrected chi connectivity index (χ1v) is 5.25. The van der Waals surface area contributed by atoms with Crippen LogP contribution in [-0.2, 0) is 0 Å². The number of carbonyl (C=O) groups is 1. The first-order chi connectivity index (χ1) is 8.56. The molecule has 1 aromatic rings. The molecule has 18 heavy (non-hydrogen) atoms. The van der Waals surface area contributed by atoms with Crippen LogP contribution in [0, 0.1) is 11.6 Å². The number of nitrogens with two attached hydrogens (primary N) is 1. The Hall–Kier alpha value is -2.18. The summed E-state index contributed by atoms with van der Waals surface area (Å²) in [6.45, 7) is 0.169. The second-order valence-electron chi connectivity index (χ2n) is 3.55. The van der Waals surface area contributed by atoms with Crippen molar-refractivity contribution in [2.24, 2.45) is 10.9 Å². The van der Waals surface area contributed by atoms with Gasteiger partial charge in [-0.15, -0.1) is 0 Å². The van der Waals surface area contributed by atoms with Crippen molar-refractivity contribution in [2.45, 2.75) is 12.8 Å². The van der Waals surface area contributed by atoms with Crippen LogP contribution in [0.2, 0.25) is 0 Å². The van der Waals surface area contributed by atoms with E-state index in [0.29, 0.717) is 6.42 Å². The number of nitrogens with one attached hydrogen (secondary N) is 1. The Kier molecular flexibility index (Phi) is 5.04. The van der Waals surface area contributed by atoms with Crippen molar-refractivity contribution in [1.29, 1.82) is 0 Å². The fourth-order valence-corrected chi connectivity index (χ4v) is 1.32. The van der Waals surface area contributed by atoms with Gasteiger partial charge in [0.15, 0.2) is 0 Å². The summed E-state index contributed by atoms with van der Waals surface area (Å²) in [5, 5.41) is 13.4. The number of halogens is 2. The number of amides is 1. The monoisotopic (exact) mass is 257 g/mol. The highest BCUT2D eigenvalue weighted by Gasteiger charge is 2.16. The molecule has 0 fully saturated rings. The SMILES string of the molecule is NC(CCCNC(=O)c1c(F)cccc1F)=NO. The molecule has 1 rings (SSSR count). The average molecular weight is 257 g/mol. The number of carbonyl (C=O) groups excluding carboxylic acids is 1. The topological polar surface area (TPSA) is 87.7 Å². The maximum atomic E-state index is 13.2. The lowest BCUT2D eigenvalue weighted by Gasteiger charge is -2.06. The molecule has 4 N–H and O–H groups in total. The molecule has 0 aliphatic heterocycles. The van der Waals surface area contributed by atoms with Crippen molar-refractivity contribution in [1.82, 2.24) is 5.32 Å². The molecule has 98 valence electrons. The summed E-state index contributed by atoms with van der Waals surface area (Å²) in [6.07, 6.45) is 0.675. The second kappa shape index (κ2) is 6.53. The Labute approximate surface area is 102 Å². The number of hydrogen-bond acceptors (Lipinski definition) is 3. The van der Waals surface area contributed by atoms with Crippen molar-refractivity contribution < 1.29 is 18.8 Å². The number of benzene rings is 1. The lowest BCUT2D eigenvalue weighted by molar-refractivity contribution is 0.0945. The Morgan fingerprint density at radius 2 is 2.00 bits per heavy atom. The molecule has 5 nitrogen and oxygen atoms in total. The van der Waals surface area contributed by atoms with Gasteiger partial charge < -0.3 is 16.3 Å². The summed E-state index contributed by atoms with van der Waals surface area (Å²) in [6, 6.07) is 3.20. The highest BCUT2D eigenvalue weighted by molar-refractivity contribution is 5.94. The first-order valence-electron chi connectivity index (χ1n) is 5.25. The van der Waals surface area contributed by atoms with Crippen LogP contribution in [0.3, 0.4) is 0 Å². The van der Waals surface area contributed by atoms with E-state index < -0.39 is 23.1 Å². The van der Waals surface area contributed by atoms with Crippen LogP contribution in [0.25, 0.3) is 0 Å². The zero-order valence-electron chi connectivity index (χ0n) is 9.49. The van der Waals surface area contributed by atoms with Gasteiger partial charge >= 0.3 is 0 Å². The quantitative estimate of drug-likeness (QED) is 0.244. The van der Waals surface area contributed by atoms with Gasteiger partial charge in [0.1, 0.15) is 23.0 Å². The number of rotatable bonds is 5. The van der Waals surface area contributed by atoms with Gasteiger partial charge in [-0.05, 0) is 18.6 Å². The minimum absolute atomic E-state index is 0.0290. The first kappa shape index (κ1) is 13.9. The van der Waals surface area contributed by atoms with Gasteiger partial charge in [-0.1, -0.05) is 11.2 Å². The number of nitrogens with zero attached hydrogens (tertiary/aromatic N) is 1. The van der Waals surface area contributed by atoms with Crippen LogP contribution in [0.15, 0.2) is 23.4 Å².